The van der Waals surface area contributed by atoms with Crippen molar-refractivity contribution >= 4 is 54.6 Å². The Balaban J connectivity index is 1.33. The van der Waals surface area contributed by atoms with Gasteiger partial charge in [-0.2, -0.15) is 0 Å². The van der Waals surface area contributed by atoms with Crippen molar-refractivity contribution in [2.45, 2.75) is 6.17 Å². The highest BCUT2D eigenvalue weighted by atomic mass is 19.1. The molecule has 0 saturated heterocycles. The molecule has 1 unspecified atom stereocenters. The Hall–Kier alpha value is -6.53. The van der Waals surface area contributed by atoms with Gasteiger partial charge in [-0.3, -0.25) is 4.57 Å². The number of aromatic nitrogens is 5. The Kier molecular flexibility index (Phi) is 6.27. The second-order valence-electron chi connectivity index (χ2n) is 12.8. The van der Waals surface area contributed by atoms with Crippen LogP contribution in [-0.4, -0.2) is 23.7 Å². The fourth-order valence-electron chi connectivity index (χ4n) is 7.83. The van der Waals surface area contributed by atoms with Crippen molar-refractivity contribution in [2.75, 3.05) is 0 Å². The Bertz CT molecular complexity index is 2900. The molecule has 0 bridgehead atoms. The van der Waals surface area contributed by atoms with E-state index in [1.54, 1.807) is 6.20 Å². The fraction of sp³-hybridized carbons (Fsp3) is 0.0455. The van der Waals surface area contributed by atoms with Crippen LogP contribution >= 0.6 is 0 Å². The molecule has 6 heteroatoms. The number of imidazole rings is 1. The lowest BCUT2D eigenvalue weighted by atomic mass is 9.95. The third-order valence-electron chi connectivity index (χ3n) is 9.99. The van der Waals surface area contributed by atoms with Gasteiger partial charge in [0.25, 0.3) is 0 Å². The van der Waals surface area contributed by atoms with Gasteiger partial charge in [0.1, 0.15) is 11.6 Å². The number of pyridine rings is 1. The smallest absolute Gasteiger partial charge is 0.152 e. The van der Waals surface area contributed by atoms with Gasteiger partial charge in [-0.05, 0) is 66.2 Å². The Labute approximate surface area is 287 Å². The molecule has 1 atom stereocenters. The highest BCUT2D eigenvalue weighted by molar-refractivity contribution is 6.29. The standard InChI is InChI=1S/C44H30FN5/c1-48-37-23-10-7-20-34(37)47-44(48)29-15-13-14-28(26-29)42(45)33-27-38-40(31-18-5-9-22-36(31)50(38)39-24-11-12-25-46-39)41-32-19-6-8-21-35(32)49(43(33)41)30-16-3-2-4-17-30/h2-27,42H,1H3. The van der Waals surface area contributed by atoms with Gasteiger partial charge >= 0.3 is 0 Å². The van der Waals surface area contributed by atoms with E-state index in [1.807, 2.05) is 85.9 Å². The molecule has 0 amide bonds. The van der Waals surface area contributed by atoms with E-state index in [0.29, 0.717) is 11.1 Å². The third-order valence-corrected chi connectivity index (χ3v) is 9.99. The summed E-state index contributed by atoms with van der Waals surface area (Å²) in [6.07, 6.45) is 0.361. The van der Waals surface area contributed by atoms with Crippen LogP contribution in [-0.2, 0) is 7.05 Å². The van der Waals surface area contributed by atoms with Crippen LogP contribution in [0.25, 0.3) is 77.5 Å². The first-order chi connectivity index (χ1) is 24.7. The lowest BCUT2D eigenvalue weighted by molar-refractivity contribution is 0.404. The van der Waals surface area contributed by atoms with Gasteiger partial charge in [0, 0.05) is 51.6 Å². The van der Waals surface area contributed by atoms with E-state index in [1.165, 1.54) is 0 Å². The normalized spacial score (nSPS) is 12.5. The molecule has 0 radical (unpaired) electrons. The van der Waals surface area contributed by atoms with Gasteiger partial charge in [-0.25, -0.2) is 14.4 Å². The molecule has 4 aromatic heterocycles. The van der Waals surface area contributed by atoms with Gasteiger partial charge in [0.2, 0.25) is 0 Å². The van der Waals surface area contributed by atoms with E-state index in [0.717, 1.165) is 77.5 Å². The highest BCUT2D eigenvalue weighted by Crippen LogP contribution is 2.46. The van der Waals surface area contributed by atoms with Crippen LogP contribution in [0.1, 0.15) is 17.3 Å². The molecule has 238 valence electrons. The number of halogens is 1. The minimum atomic E-state index is -1.45. The predicted octanol–water partition coefficient (Wildman–Crippen LogP) is 10.9. The largest absolute Gasteiger partial charge is 0.327 e. The summed E-state index contributed by atoms with van der Waals surface area (Å²) in [7, 11) is 2.01. The molecule has 10 aromatic rings. The first-order valence-corrected chi connectivity index (χ1v) is 16.8. The van der Waals surface area contributed by atoms with E-state index < -0.39 is 6.17 Å². The molecule has 0 aliphatic rings. The molecule has 0 fully saturated rings. The Morgan fingerprint density at radius 1 is 0.580 bits per heavy atom. The summed E-state index contributed by atoms with van der Waals surface area (Å²) in [6.45, 7) is 0. The molecule has 0 aliphatic heterocycles. The zero-order chi connectivity index (χ0) is 33.3. The Morgan fingerprint density at radius 3 is 2.02 bits per heavy atom. The summed E-state index contributed by atoms with van der Waals surface area (Å²) in [6, 6.07) is 50.9. The van der Waals surface area contributed by atoms with Crippen LogP contribution in [0.15, 0.2) is 158 Å². The van der Waals surface area contributed by atoms with E-state index >= 15 is 4.39 Å². The average molecular weight is 648 g/mol. The van der Waals surface area contributed by atoms with Crippen molar-refractivity contribution in [3.05, 3.63) is 169 Å². The zero-order valence-electron chi connectivity index (χ0n) is 27.2. The third kappa shape index (κ3) is 4.12. The first kappa shape index (κ1) is 28.5. The number of aryl methyl sites for hydroxylation is 1. The monoisotopic (exact) mass is 647 g/mol. The molecule has 0 saturated carbocycles. The number of rotatable bonds is 5. The summed E-state index contributed by atoms with van der Waals surface area (Å²) in [4.78, 5) is 9.70. The van der Waals surface area contributed by atoms with Gasteiger partial charge in [-0.1, -0.05) is 91.0 Å². The molecule has 5 nitrogen and oxygen atoms in total. The van der Waals surface area contributed by atoms with Crippen molar-refractivity contribution in [3.63, 3.8) is 0 Å². The van der Waals surface area contributed by atoms with Crippen LogP contribution in [0.2, 0.25) is 0 Å². The molecule has 6 aromatic carbocycles. The first-order valence-electron chi connectivity index (χ1n) is 16.8. The van der Waals surface area contributed by atoms with E-state index in [4.69, 9.17) is 9.97 Å². The summed E-state index contributed by atoms with van der Waals surface area (Å²) < 4.78 is 24.4. The van der Waals surface area contributed by atoms with Crippen molar-refractivity contribution < 1.29 is 4.39 Å². The summed E-state index contributed by atoms with van der Waals surface area (Å²) in [5.74, 6) is 1.59. The van der Waals surface area contributed by atoms with Crippen molar-refractivity contribution in [1.82, 2.24) is 23.7 Å². The number of hydrogen-bond donors (Lipinski definition) is 0. The fourth-order valence-corrected chi connectivity index (χ4v) is 7.83. The van der Waals surface area contributed by atoms with Gasteiger partial charge in [-0.15, -0.1) is 0 Å². The lowest BCUT2D eigenvalue weighted by Gasteiger charge is -2.17. The molecular formula is C44H30FN5. The summed E-state index contributed by atoms with van der Waals surface area (Å²) in [5.41, 5.74) is 8.77. The van der Waals surface area contributed by atoms with Crippen LogP contribution in [0.5, 0.6) is 0 Å². The van der Waals surface area contributed by atoms with Crippen LogP contribution in [0.4, 0.5) is 4.39 Å². The second-order valence-corrected chi connectivity index (χ2v) is 12.8. The molecule has 0 aliphatic carbocycles. The number of benzene rings is 6. The molecule has 10 rings (SSSR count). The molecule has 0 spiro atoms. The van der Waals surface area contributed by atoms with E-state index in [2.05, 4.69) is 86.5 Å². The highest BCUT2D eigenvalue weighted by Gasteiger charge is 2.27. The second kappa shape index (κ2) is 11.0. The topological polar surface area (TPSA) is 40.6 Å². The molecule has 4 heterocycles. The summed E-state index contributed by atoms with van der Waals surface area (Å²) in [5, 5.41) is 4.27. The van der Waals surface area contributed by atoms with Crippen LogP contribution < -0.4 is 0 Å². The van der Waals surface area contributed by atoms with Gasteiger partial charge < -0.3 is 9.13 Å². The average Bonchev–Trinajstić information content (AvgIpc) is 3.82. The minimum Gasteiger partial charge on any atom is -0.327 e. The van der Waals surface area contributed by atoms with Crippen LogP contribution in [0, 0.1) is 0 Å². The van der Waals surface area contributed by atoms with Crippen molar-refractivity contribution in [1.29, 1.82) is 0 Å². The summed E-state index contributed by atoms with van der Waals surface area (Å²) >= 11 is 0. The molecule has 0 N–H and O–H groups in total. The zero-order valence-corrected chi connectivity index (χ0v) is 27.2. The number of para-hydroxylation sites is 5. The maximum absolute atomic E-state index is 17.9. The SMILES string of the molecule is Cn1c(-c2cccc(C(F)c3cc4c(c5ccccc5n4-c4ccccn4)c4c5ccccc5n(-c5ccccc5)c34)c2)nc2ccccc21. The maximum Gasteiger partial charge on any atom is 0.152 e. The minimum absolute atomic E-state index is 0.570. The maximum atomic E-state index is 17.9. The lowest BCUT2D eigenvalue weighted by Crippen LogP contribution is -2.03. The van der Waals surface area contributed by atoms with E-state index in [-0.39, 0.29) is 0 Å². The Morgan fingerprint density at radius 2 is 1.26 bits per heavy atom. The quantitative estimate of drug-likeness (QED) is 0.187. The number of alkyl halides is 1. The predicted molar refractivity (Wildman–Crippen MR) is 202 cm³/mol. The van der Waals surface area contributed by atoms with Crippen molar-refractivity contribution in [2.24, 2.45) is 7.05 Å². The van der Waals surface area contributed by atoms with Crippen LogP contribution in [0.3, 0.4) is 0 Å². The van der Waals surface area contributed by atoms with Crippen molar-refractivity contribution in [3.8, 4) is 22.9 Å². The van der Waals surface area contributed by atoms with Gasteiger partial charge in [0.05, 0.1) is 33.1 Å². The van der Waals surface area contributed by atoms with E-state index in [9.17, 15) is 0 Å². The number of nitrogens with zero attached hydrogens (tertiary/aromatic N) is 5. The number of fused-ring (bicyclic) bond motifs is 8. The van der Waals surface area contributed by atoms with Gasteiger partial charge in [0.15, 0.2) is 6.17 Å². The number of hydrogen-bond acceptors (Lipinski definition) is 2. The molecule has 50 heavy (non-hydrogen) atoms. The molecular weight excluding hydrogens is 618 g/mol.